The topological polar surface area (TPSA) is 29.5 Å². The van der Waals surface area contributed by atoms with Gasteiger partial charge in [-0.15, -0.1) is 0 Å². The first-order chi connectivity index (χ1) is 10.5. The van der Waals surface area contributed by atoms with Crippen molar-refractivity contribution in [3.63, 3.8) is 0 Å². The maximum absolute atomic E-state index is 10.7. The number of fused-ring (bicyclic) bond motifs is 1. The average Bonchev–Trinajstić information content (AvgIpc) is 2.40. The van der Waals surface area contributed by atoms with Crippen molar-refractivity contribution in [3.8, 4) is 0 Å². The van der Waals surface area contributed by atoms with Crippen LogP contribution in [0.25, 0.3) is 0 Å². The Labute approximate surface area is 144 Å². The fourth-order valence-electron chi connectivity index (χ4n) is 5.75. The van der Waals surface area contributed by atoms with Gasteiger partial charge in [-0.25, -0.2) is 0 Å². The van der Waals surface area contributed by atoms with Crippen LogP contribution in [0.3, 0.4) is 0 Å². The van der Waals surface area contributed by atoms with Crippen molar-refractivity contribution in [2.75, 3.05) is 0 Å². The standard InChI is InChI=1S/C21H40O2/c1-13(2)10-9-11-21(8)12-20(6,7)17-16(5)18(22)14(3)15(4)19(17)23-21/h13-19,22H,9-12H2,1-8H3. The lowest BCUT2D eigenvalue weighted by molar-refractivity contribution is -0.254. The van der Waals surface area contributed by atoms with E-state index in [2.05, 4.69) is 55.4 Å². The molecule has 1 saturated carbocycles. The van der Waals surface area contributed by atoms with Gasteiger partial charge in [-0.05, 0) is 54.8 Å². The van der Waals surface area contributed by atoms with Gasteiger partial charge in [-0.1, -0.05) is 61.3 Å². The Kier molecular flexibility index (Phi) is 5.58. The lowest BCUT2D eigenvalue weighted by atomic mass is 9.54. The van der Waals surface area contributed by atoms with Crippen LogP contribution in [-0.4, -0.2) is 22.9 Å². The molecule has 7 atom stereocenters. The molecule has 0 aromatic heterocycles. The molecule has 2 aliphatic rings. The lowest BCUT2D eigenvalue weighted by Gasteiger charge is -2.60. The average molecular weight is 325 g/mol. The van der Waals surface area contributed by atoms with Gasteiger partial charge in [0.25, 0.3) is 0 Å². The molecule has 1 heterocycles. The van der Waals surface area contributed by atoms with Crippen molar-refractivity contribution in [1.82, 2.24) is 0 Å². The van der Waals surface area contributed by atoms with E-state index in [9.17, 15) is 5.11 Å². The van der Waals surface area contributed by atoms with E-state index in [4.69, 9.17) is 4.74 Å². The fourth-order valence-corrected chi connectivity index (χ4v) is 5.75. The highest BCUT2D eigenvalue weighted by Crippen LogP contribution is 2.56. The van der Waals surface area contributed by atoms with Gasteiger partial charge >= 0.3 is 0 Å². The number of ether oxygens (including phenoxy) is 1. The molecule has 1 aliphatic heterocycles. The largest absolute Gasteiger partial charge is 0.393 e. The molecule has 1 N–H and O–H groups in total. The summed E-state index contributed by atoms with van der Waals surface area (Å²) in [6.07, 6.45) is 4.90. The summed E-state index contributed by atoms with van der Waals surface area (Å²) in [5.74, 6) is 2.30. The molecule has 23 heavy (non-hydrogen) atoms. The number of hydrogen-bond donors (Lipinski definition) is 1. The van der Waals surface area contributed by atoms with Crippen molar-refractivity contribution in [2.24, 2.45) is 35.0 Å². The van der Waals surface area contributed by atoms with Crippen LogP contribution in [0.5, 0.6) is 0 Å². The summed E-state index contributed by atoms with van der Waals surface area (Å²) >= 11 is 0. The molecule has 2 heteroatoms. The molecule has 7 unspecified atom stereocenters. The molecule has 1 saturated heterocycles. The van der Waals surface area contributed by atoms with E-state index in [0.717, 1.165) is 18.8 Å². The van der Waals surface area contributed by atoms with E-state index in [-0.39, 0.29) is 23.2 Å². The number of aliphatic hydroxyl groups is 1. The van der Waals surface area contributed by atoms with Gasteiger partial charge in [0, 0.05) is 0 Å². The summed E-state index contributed by atoms with van der Waals surface area (Å²) in [4.78, 5) is 0. The molecule has 0 amide bonds. The predicted molar refractivity (Wildman–Crippen MR) is 97.4 cm³/mol. The molecule has 0 spiro atoms. The van der Waals surface area contributed by atoms with Crippen LogP contribution in [0.4, 0.5) is 0 Å². The van der Waals surface area contributed by atoms with E-state index in [1.54, 1.807) is 0 Å². The molecule has 0 aromatic carbocycles. The van der Waals surface area contributed by atoms with E-state index >= 15 is 0 Å². The Morgan fingerprint density at radius 1 is 1.04 bits per heavy atom. The Balaban J connectivity index is 2.19. The Morgan fingerprint density at radius 2 is 1.65 bits per heavy atom. The molecule has 2 rings (SSSR count). The van der Waals surface area contributed by atoms with Crippen molar-refractivity contribution in [1.29, 1.82) is 0 Å². The minimum atomic E-state index is -0.195. The van der Waals surface area contributed by atoms with Crippen molar-refractivity contribution in [3.05, 3.63) is 0 Å². The van der Waals surface area contributed by atoms with Gasteiger partial charge in [-0.3, -0.25) is 0 Å². The van der Waals surface area contributed by atoms with Crippen molar-refractivity contribution >= 4 is 0 Å². The summed E-state index contributed by atoms with van der Waals surface area (Å²) in [5, 5.41) is 10.7. The Morgan fingerprint density at radius 3 is 2.22 bits per heavy atom. The molecular formula is C21H40O2. The third kappa shape index (κ3) is 3.79. The van der Waals surface area contributed by atoms with Crippen LogP contribution in [0.2, 0.25) is 0 Å². The van der Waals surface area contributed by atoms with Crippen LogP contribution in [-0.2, 0) is 4.74 Å². The summed E-state index contributed by atoms with van der Waals surface area (Å²) < 4.78 is 6.79. The van der Waals surface area contributed by atoms with Gasteiger partial charge < -0.3 is 9.84 Å². The summed E-state index contributed by atoms with van der Waals surface area (Å²) in [5.41, 5.74) is 0.222. The first-order valence-corrected chi connectivity index (χ1v) is 9.84. The van der Waals surface area contributed by atoms with E-state index < -0.39 is 0 Å². The first-order valence-electron chi connectivity index (χ1n) is 9.84. The SMILES string of the molecule is CC(C)CCCC1(C)CC(C)(C)C2C(C)C(O)C(C)C(C)C2O1. The molecule has 0 bridgehead atoms. The minimum Gasteiger partial charge on any atom is -0.393 e. The quantitative estimate of drug-likeness (QED) is 0.762. The zero-order valence-electron chi connectivity index (χ0n) is 16.7. The molecule has 2 fully saturated rings. The van der Waals surface area contributed by atoms with Crippen LogP contribution < -0.4 is 0 Å². The predicted octanol–water partition coefficient (Wildman–Crippen LogP) is 5.29. The van der Waals surface area contributed by atoms with Crippen LogP contribution in [0.1, 0.15) is 81.1 Å². The third-order valence-electron chi connectivity index (χ3n) is 6.98. The lowest BCUT2D eigenvalue weighted by Crippen LogP contribution is -2.62. The normalized spacial score (nSPS) is 46.7. The van der Waals surface area contributed by atoms with Crippen molar-refractivity contribution in [2.45, 2.75) is 98.9 Å². The Bertz CT molecular complexity index is 403. The van der Waals surface area contributed by atoms with E-state index in [0.29, 0.717) is 23.7 Å². The second-order valence-corrected chi connectivity index (χ2v) is 10.1. The molecule has 0 radical (unpaired) electrons. The van der Waals surface area contributed by atoms with Crippen LogP contribution in [0.15, 0.2) is 0 Å². The highest BCUT2D eigenvalue weighted by atomic mass is 16.5. The van der Waals surface area contributed by atoms with Crippen molar-refractivity contribution < 1.29 is 9.84 Å². The first kappa shape index (κ1) is 19.2. The van der Waals surface area contributed by atoms with E-state index in [1.807, 2.05) is 0 Å². The van der Waals surface area contributed by atoms with Gasteiger partial charge in [0.15, 0.2) is 0 Å². The van der Waals surface area contributed by atoms with Gasteiger partial charge in [-0.2, -0.15) is 0 Å². The molecule has 136 valence electrons. The maximum Gasteiger partial charge on any atom is 0.0663 e. The highest BCUT2D eigenvalue weighted by Gasteiger charge is 2.56. The number of rotatable bonds is 4. The summed E-state index contributed by atoms with van der Waals surface area (Å²) in [6.45, 7) is 18.5. The molecule has 2 nitrogen and oxygen atoms in total. The van der Waals surface area contributed by atoms with E-state index in [1.165, 1.54) is 12.8 Å². The van der Waals surface area contributed by atoms with Gasteiger partial charge in [0.05, 0.1) is 17.8 Å². The molecule has 1 aliphatic carbocycles. The molecular weight excluding hydrogens is 284 g/mol. The zero-order valence-corrected chi connectivity index (χ0v) is 16.7. The summed E-state index contributed by atoms with van der Waals surface area (Å²) in [7, 11) is 0. The number of aliphatic hydroxyl groups excluding tert-OH is 1. The monoisotopic (exact) mass is 324 g/mol. The second kappa shape index (κ2) is 6.67. The third-order valence-corrected chi connectivity index (χ3v) is 6.98. The Hall–Kier alpha value is -0.0800. The summed E-state index contributed by atoms with van der Waals surface area (Å²) in [6, 6.07) is 0. The highest BCUT2D eigenvalue weighted by molar-refractivity contribution is 5.05. The van der Waals surface area contributed by atoms with Gasteiger partial charge in [0.1, 0.15) is 0 Å². The smallest absolute Gasteiger partial charge is 0.0663 e. The van der Waals surface area contributed by atoms with Crippen LogP contribution in [0, 0.1) is 35.0 Å². The minimum absolute atomic E-state index is 0.00442. The maximum atomic E-state index is 10.7. The fraction of sp³-hybridized carbons (Fsp3) is 1.00. The number of hydrogen-bond acceptors (Lipinski definition) is 2. The zero-order chi connectivity index (χ0) is 17.6. The molecule has 0 aromatic rings. The van der Waals surface area contributed by atoms with Crippen LogP contribution >= 0.6 is 0 Å². The second-order valence-electron chi connectivity index (χ2n) is 10.1. The van der Waals surface area contributed by atoms with Gasteiger partial charge in [0.2, 0.25) is 0 Å².